The van der Waals surface area contributed by atoms with Crippen LogP contribution in [0.2, 0.25) is 10.0 Å². The van der Waals surface area contributed by atoms with Crippen LogP contribution in [0.5, 0.6) is 5.75 Å². The molecule has 0 radical (unpaired) electrons. The standard InChI is InChI=1S/C14H15Cl2N3O3S/c1-3-21-7-12-18-19-14(23-12)17-13(20)8(2)22-11-5-4-9(15)6-10(11)16/h4-6,8H,3,7H2,1-2H3,(H,17,19,20)/t8-/m1/s1. The zero-order chi connectivity index (χ0) is 16.8. The summed E-state index contributed by atoms with van der Waals surface area (Å²) in [5.41, 5.74) is 0. The SMILES string of the molecule is CCOCc1nnc(NC(=O)[C@@H](C)Oc2ccc(Cl)cc2Cl)s1. The molecule has 124 valence electrons. The Morgan fingerprint density at radius 3 is 2.87 bits per heavy atom. The number of hydrogen-bond acceptors (Lipinski definition) is 6. The van der Waals surface area contributed by atoms with E-state index in [1.807, 2.05) is 6.92 Å². The van der Waals surface area contributed by atoms with Crippen molar-refractivity contribution in [1.29, 1.82) is 0 Å². The number of hydrogen-bond donors (Lipinski definition) is 1. The van der Waals surface area contributed by atoms with Crippen LogP contribution >= 0.6 is 34.5 Å². The molecule has 6 nitrogen and oxygen atoms in total. The van der Waals surface area contributed by atoms with Crippen molar-refractivity contribution in [2.24, 2.45) is 0 Å². The van der Waals surface area contributed by atoms with Gasteiger partial charge < -0.3 is 9.47 Å². The molecule has 0 saturated heterocycles. The van der Waals surface area contributed by atoms with E-state index in [1.165, 1.54) is 11.3 Å². The van der Waals surface area contributed by atoms with Gasteiger partial charge in [0.05, 0.1) is 5.02 Å². The van der Waals surface area contributed by atoms with Crippen molar-refractivity contribution < 1.29 is 14.3 Å². The topological polar surface area (TPSA) is 73.3 Å². The van der Waals surface area contributed by atoms with Gasteiger partial charge in [0.2, 0.25) is 5.13 Å². The van der Waals surface area contributed by atoms with Crippen molar-refractivity contribution >= 4 is 45.6 Å². The maximum absolute atomic E-state index is 12.1. The lowest BCUT2D eigenvalue weighted by atomic mass is 10.3. The monoisotopic (exact) mass is 375 g/mol. The average Bonchev–Trinajstić information content (AvgIpc) is 2.95. The fourth-order valence-electron chi connectivity index (χ4n) is 1.57. The summed E-state index contributed by atoms with van der Waals surface area (Å²) < 4.78 is 10.8. The van der Waals surface area contributed by atoms with Gasteiger partial charge in [-0.1, -0.05) is 34.5 Å². The molecule has 2 aromatic rings. The maximum atomic E-state index is 12.1. The number of anilines is 1. The normalized spacial score (nSPS) is 12.0. The predicted octanol–water partition coefficient (Wildman–Crippen LogP) is 3.79. The zero-order valence-electron chi connectivity index (χ0n) is 12.5. The largest absolute Gasteiger partial charge is 0.479 e. The predicted molar refractivity (Wildman–Crippen MR) is 90.4 cm³/mol. The van der Waals surface area contributed by atoms with Gasteiger partial charge in [-0.2, -0.15) is 0 Å². The molecule has 1 N–H and O–H groups in total. The molecule has 0 unspecified atom stereocenters. The minimum absolute atomic E-state index is 0.340. The van der Waals surface area contributed by atoms with Gasteiger partial charge in [0.25, 0.3) is 5.91 Å². The lowest BCUT2D eigenvalue weighted by molar-refractivity contribution is -0.122. The quantitative estimate of drug-likeness (QED) is 0.796. The van der Waals surface area contributed by atoms with E-state index in [0.717, 1.165) is 0 Å². The number of amides is 1. The molecule has 23 heavy (non-hydrogen) atoms. The zero-order valence-corrected chi connectivity index (χ0v) is 14.8. The molecule has 1 aromatic carbocycles. The van der Waals surface area contributed by atoms with E-state index in [4.69, 9.17) is 32.7 Å². The van der Waals surface area contributed by atoms with Gasteiger partial charge in [-0.3, -0.25) is 10.1 Å². The van der Waals surface area contributed by atoms with E-state index >= 15 is 0 Å². The van der Waals surface area contributed by atoms with Crippen LogP contribution in [0.3, 0.4) is 0 Å². The van der Waals surface area contributed by atoms with Crippen LogP contribution in [0.25, 0.3) is 0 Å². The number of halogens is 2. The first kappa shape index (κ1) is 17.9. The molecule has 0 aliphatic carbocycles. The fraction of sp³-hybridized carbons (Fsp3) is 0.357. The molecule has 0 bridgehead atoms. The Kier molecular flexibility index (Phi) is 6.59. The summed E-state index contributed by atoms with van der Waals surface area (Å²) in [5, 5.41) is 12.4. The van der Waals surface area contributed by atoms with E-state index in [9.17, 15) is 4.79 Å². The summed E-state index contributed by atoms with van der Waals surface area (Å²) in [5.74, 6) is 0.0307. The molecule has 1 atom stereocenters. The molecular formula is C14H15Cl2N3O3S. The van der Waals surface area contributed by atoms with Gasteiger partial charge in [0.1, 0.15) is 17.4 Å². The maximum Gasteiger partial charge on any atom is 0.266 e. The number of carbonyl (C=O) groups excluding carboxylic acids is 1. The van der Waals surface area contributed by atoms with Crippen molar-refractivity contribution in [1.82, 2.24) is 10.2 Å². The van der Waals surface area contributed by atoms with Crippen LogP contribution in [0.4, 0.5) is 5.13 Å². The Balaban J connectivity index is 1.93. The van der Waals surface area contributed by atoms with E-state index in [0.29, 0.717) is 39.1 Å². The molecule has 0 saturated carbocycles. The highest BCUT2D eigenvalue weighted by Crippen LogP contribution is 2.28. The summed E-state index contributed by atoms with van der Waals surface area (Å²) in [6.45, 7) is 4.47. The molecule has 0 fully saturated rings. The Morgan fingerprint density at radius 2 is 2.17 bits per heavy atom. The van der Waals surface area contributed by atoms with Gasteiger partial charge in [-0.15, -0.1) is 10.2 Å². The Morgan fingerprint density at radius 1 is 1.39 bits per heavy atom. The molecule has 9 heteroatoms. The second kappa shape index (κ2) is 8.44. The Labute approximate surface area is 147 Å². The van der Waals surface area contributed by atoms with Crippen LogP contribution in [0.15, 0.2) is 18.2 Å². The third-order valence-electron chi connectivity index (χ3n) is 2.69. The summed E-state index contributed by atoms with van der Waals surface area (Å²) >= 11 is 13.1. The minimum atomic E-state index is -0.757. The third kappa shape index (κ3) is 5.31. The first-order chi connectivity index (χ1) is 11.0. The average molecular weight is 376 g/mol. The van der Waals surface area contributed by atoms with E-state index < -0.39 is 6.10 Å². The highest BCUT2D eigenvalue weighted by Gasteiger charge is 2.18. The first-order valence-corrected chi connectivity index (χ1v) is 8.39. The van der Waals surface area contributed by atoms with Gasteiger partial charge in [0, 0.05) is 11.6 Å². The summed E-state index contributed by atoms with van der Waals surface area (Å²) in [7, 11) is 0. The number of carbonyl (C=O) groups is 1. The van der Waals surface area contributed by atoms with Crippen molar-refractivity contribution in [3.8, 4) is 5.75 Å². The molecule has 1 amide bonds. The second-order valence-electron chi connectivity index (χ2n) is 4.46. The lowest BCUT2D eigenvalue weighted by Gasteiger charge is -2.14. The molecule has 1 heterocycles. The van der Waals surface area contributed by atoms with Crippen molar-refractivity contribution in [2.45, 2.75) is 26.6 Å². The summed E-state index contributed by atoms with van der Waals surface area (Å²) in [6.07, 6.45) is -0.757. The first-order valence-electron chi connectivity index (χ1n) is 6.82. The lowest BCUT2D eigenvalue weighted by Crippen LogP contribution is -2.30. The van der Waals surface area contributed by atoms with Crippen LogP contribution < -0.4 is 10.1 Å². The summed E-state index contributed by atoms with van der Waals surface area (Å²) in [6, 6.07) is 4.80. The number of aromatic nitrogens is 2. The van der Waals surface area contributed by atoms with E-state index in [-0.39, 0.29) is 5.91 Å². The smallest absolute Gasteiger partial charge is 0.266 e. The third-order valence-corrected chi connectivity index (χ3v) is 4.04. The van der Waals surface area contributed by atoms with E-state index in [2.05, 4.69) is 15.5 Å². The second-order valence-corrected chi connectivity index (χ2v) is 6.37. The number of benzene rings is 1. The molecule has 0 aliphatic heterocycles. The number of nitrogens with zero attached hydrogens (tertiary/aromatic N) is 2. The highest BCUT2D eigenvalue weighted by molar-refractivity contribution is 7.15. The van der Waals surface area contributed by atoms with E-state index in [1.54, 1.807) is 25.1 Å². The van der Waals surface area contributed by atoms with Crippen LogP contribution in [-0.2, 0) is 16.1 Å². The van der Waals surface area contributed by atoms with Gasteiger partial charge in [-0.25, -0.2) is 0 Å². The number of rotatable bonds is 7. The molecule has 1 aromatic heterocycles. The fourth-order valence-corrected chi connectivity index (χ4v) is 2.71. The van der Waals surface area contributed by atoms with Gasteiger partial charge >= 0.3 is 0 Å². The highest BCUT2D eigenvalue weighted by atomic mass is 35.5. The summed E-state index contributed by atoms with van der Waals surface area (Å²) in [4.78, 5) is 12.1. The number of nitrogens with one attached hydrogen (secondary N) is 1. The van der Waals surface area contributed by atoms with Crippen molar-refractivity contribution in [2.75, 3.05) is 11.9 Å². The molecule has 2 rings (SSSR count). The molecule has 0 spiro atoms. The molecular weight excluding hydrogens is 361 g/mol. The van der Waals surface area contributed by atoms with Crippen LogP contribution in [-0.4, -0.2) is 28.8 Å². The van der Waals surface area contributed by atoms with Crippen molar-refractivity contribution in [3.05, 3.63) is 33.3 Å². The Hall–Kier alpha value is -1.41. The van der Waals surface area contributed by atoms with Crippen LogP contribution in [0, 0.1) is 0 Å². The molecule has 0 aliphatic rings. The Bertz CT molecular complexity index is 681. The van der Waals surface area contributed by atoms with Crippen LogP contribution in [0.1, 0.15) is 18.9 Å². The van der Waals surface area contributed by atoms with Crippen molar-refractivity contribution in [3.63, 3.8) is 0 Å². The van der Waals surface area contributed by atoms with Gasteiger partial charge in [-0.05, 0) is 32.0 Å². The minimum Gasteiger partial charge on any atom is -0.479 e. The number of ether oxygens (including phenoxy) is 2. The van der Waals surface area contributed by atoms with Gasteiger partial charge in [0.15, 0.2) is 6.10 Å².